The van der Waals surface area contributed by atoms with Crippen molar-refractivity contribution in [2.24, 2.45) is 0 Å². The lowest BCUT2D eigenvalue weighted by atomic mass is 10.0. The van der Waals surface area contributed by atoms with Gasteiger partial charge in [-0.2, -0.15) is 4.31 Å². The highest BCUT2D eigenvalue weighted by atomic mass is 32.2. The van der Waals surface area contributed by atoms with Crippen LogP contribution < -0.4 is 4.74 Å². The molecular weight excluding hydrogens is 470 g/mol. The number of esters is 1. The molecule has 3 aromatic rings. The Morgan fingerprint density at radius 3 is 2.34 bits per heavy atom. The van der Waals surface area contributed by atoms with Crippen LogP contribution in [0.2, 0.25) is 0 Å². The van der Waals surface area contributed by atoms with Crippen LogP contribution in [0.15, 0.2) is 65.6 Å². The monoisotopic (exact) mass is 497 g/mol. The average molecular weight is 498 g/mol. The van der Waals surface area contributed by atoms with Crippen LogP contribution in [0, 0.1) is 0 Å². The molecule has 1 aliphatic heterocycles. The first-order valence-electron chi connectivity index (χ1n) is 11.2. The zero-order valence-corrected chi connectivity index (χ0v) is 20.6. The SMILES string of the molecule is COc1ccc2cc(C(=O)COC(=O)c3cccc(S(=O)(=O)N4CC(C)OC(C)C4)c3)ccc2c1. The summed E-state index contributed by atoms with van der Waals surface area (Å²) in [5, 5.41) is 1.77. The smallest absolute Gasteiger partial charge is 0.338 e. The van der Waals surface area contributed by atoms with Crippen LogP contribution in [0.5, 0.6) is 5.75 Å². The van der Waals surface area contributed by atoms with Crippen LogP contribution in [-0.2, 0) is 19.5 Å². The molecule has 184 valence electrons. The highest BCUT2D eigenvalue weighted by Crippen LogP contribution is 2.23. The fourth-order valence-corrected chi connectivity index (χ4v) is 5.72. The van der Waals surface area contributed by atoms with Crippen molar-refractivity contribution in [3.05, 3.63) is 71.8 Å². The predicted octanol–water partition coefficient (Wildman–Crippen LogP) is 3.69. The summed E-state index contributed by atoms with van der Waals surface area (Å²) in [5.74, 6) is -0.423. The second-order valence-electron chi connectivity index (χ2n) is 8.53. The van der Waals surface area contributed by atoms with Gasteiger partial charge in [0.15, 0.2) is 12.4 Å². The van der Waals surface area contributed by atoms with Gasteiger partial charge in [-0.15, -0.1) is 0 Å². The molecule has 1 heterocycles. The molecule has 35 heavy (non-hydrogen) atoms. The Morgan fingerprint density at radius 2 is 1.63 bits per heavy atom. The van der Waals surface area contributed by atoms with Crippen molar-refractivity contribution < 1.29 is 32.2 Å². The molecule has 1 fully saturated rings. The first kappa shape index (κ1) is 24.8. The minimum Gasteiger partial charge on any atom is -0.497 e. The number of sulfonamides is 1. The van der Waals surface area contributed by atoms with Gasteiger partial charge < -0.3 is 14.2 Å². The van der Waals surface area contributed by atoms with E-state index in [-0.39, 0.29) is 41.5 Å². The van der Waals surface area contributed by atoms with Gasteiger partial charge in [-0.25, -0.2) is 13.2 Å². The third kappa shape index (κ3) is 5.53. The quantitative estimate of drug-likeness (QED) is 0.363. The van der Waals surface area contributed by atoms with E-state index in [1.807, 2.05) is 26.0 Å². The summed E-state index contributed by atoms with van der Waals surface area (Å²) in [7, 11) is -2.23. The summed E-state index contributed by atoms with van der Waals surface area (Å²) in [6.07, 6.45) is -0.463. The lowest BCUT2D eigenvalue weighted by molar-refractivity contribution is -0.0440. The first-order chi connectivity index (χ1) is 16.7. The third-order valence-electron chi connectivity index (χ3n) is 5.80. The third-order valence-corrected chi connectivity index (χ3v) is 7.62. The Kier molecular flexibility index (Phi) is 7.20. The average Bonchev–Trinajstić information content (AvgIpc) is 2.85. The van der Waals surface area contributed by atoms with Crippen molar-refractivity contribution in [1.82, 2.24) is 4.31 Å². The van der Waals surface area contributed by atoms with Crippen molar-refractivity contribution >= 4 is 32.5 Å². The van der Waals surface area contributed by atoms with Gasteiger partial charge in [0.25, 0.3) is 0 Å². The molecule has 2 atom stereocenters. The highest BCUT2D eigenvalue weighted by molar-refractivity contribution is 7.89. The van der Waals surface area contributed by atoms with E-state index < -0.39 is 22.6 Å². The fourth-order valence-electron chi connectivity index (χ4n) is 4.08. The number of ether oxygens (including phenoxy) is 3. The van der Waals surface area contributed by atoms with Gasteiger partial charge in [-0.3, -0.25) is 4.79 Å². The lowest BCUT2D eigenvalue weighted by Gasteiger charge is -2.34. The summed E-state index contributed by atoms with van der Waals surface area (Å²) in [5.41, 5.74) is 0.459. The Hall–Kier alpha value is -3.27. The normalized spacial score (nSPS) is 18.8. The van der Waals surface area contributed by atoms with Gasteiger partial charge in [0.2, 0.25) is 10.0 Å². The molecule has 2 unspecified atom stereocenters. The zero-order valence-electron chi connectivity index (χ0n) is 19.8. The molecule has 0 saturated carbocycles. The van der Waals surface area contributed by atoms with Crippen LogP contribution in [0.4, 0.5) is 0 Å². The molecule has 0 radical (unpaired) electrons. The van der Waals surface area contributed by atoms with Gasteiger partial charge in [-0.1, -0.05) is 24.3 Å². The molecule has 1 aliphatic rings. The van der Waals surface area contributed by atoms with E-state index in [0.717, 1.165) is 10.8 Å². The van der Waals surface area contributed by atoms with E-state index in [4.69, 9.17) is 14.2 Å². The number of morpholine rings is 1. The maximum Gasteiger partial charge on any atom is 0.338 e. The molecular formula is C26H27NO7S. The molecule has 0 spiro atoms. The number of methoxy groups -OCH3 is 1. The predicted molar refractivity (Wildman–Crippen MR) is 130 cm³/mol. The molecule has 0 amide bonds. The number of hydrogen-bond donors (Lipinski definition) is 0. The van der Waals surface area contributed by atoms with Crippen LogP contribution in [-0.4, -0.2) is 63.5 Å². The van der Waals surface area contributed by atoms with Gasteiger partial charge in [0.05, 0.1) is 29.8 Å². The largest absolute Gasteiger partial charge is 0.497 e. The van der Waals surface area contributed by atoms with Gasteiger partial charge in [-0.05, 0) is 61.0 Å². The topological polar surface area (TPSA) is 99.2 Å². The maximum absolute atomic E-state index is 13.1. The summed E-state index contributed by atoms with van der Waals surface area (Å²) in [4.78, 5) is 25.2. The minimum atomic E-state index is -3.81. The standard InChI is InChI=1S/C26H27NO7S/c1-17-14-27(15-18(2)34-17)35(30,31)24-6-4-5-22(13-24)26(29)33-16-25(28)21-8-7-20-12-23(32-3)10-9-19(20)11-21/h4-13,17-18H,14-16H2,1-3H3. The Bertz CT molecular complexity index is 1360. The number of nitrogens with zero attached hydrogens (tertiary/aromatic N) is 1. The number of fused-ring (bicyclic) bond motifs is 1. The van der Waals surface area contributed by atoms with Crippen LogP contribution in [0.25, 0.3) is 10.8 Å². The lowest BCUT2D eigenvalue weighted by Crippen LogP contribution is -2.48. The minimum absolute atomic E-state index is 0.00969. The second-order valence-corrected chi connectivity index (χ2v) is 10.5. The van der Waals surface area contributed by atoms with Crippen LogP contribution >= 0.6 is 0 Å². The second kappa shape index (κ2) is 10.2. The Labute approximate surface area is 204 Å². The molecule has 0 bridgehead atoms. The summed E-state index contributed by atoms with van der Waals surface area (Å²) in [6.45, 7) is 3.63. The summed E-state index contributed by atoms with van der Waals surface area (Å²) in [6, 6.07) is 16.3. The fraction of sp³-hybridized carbons (Fsp3) is 0.308. The molecule has 0 aliphatic carbocycles. The number of ketones is 1. The Balaban J connectivity index is 1.44. The molecule has 4 rings (SSSR count). The first-order valence-corrected chi connectivity index (χ1v) is 12.6. The molecule has 8 nitrogen and oxygen atoms in total. The van der Waals surface area contributed by atoms with Crippen molar-refractivity contribution in [3.63, 3.8) is 0 Å². The number of hydrogen-bond acceptors (Lipinski definition) is 7. The highest BCUT2D eigenvalue weighted by Gasteiger charge is 2.32. The van der Waals surface area contributed by atoms with Gasteiger partial charge in [0, 0.05) is 18.7 Å². The van der Waals surface area contributed by atoms with Crippen molar-refractivity contribution in [1.29, 1.82) is 0 Å². The van der Waals surface area contributed by atoms with E-state index in [9.17, 15) is 18.0 Å². The van der Waals surface area contributed by atoms with Gasteiger partial charge in [0.1, 0.15) is 5.75 Å². The van der Waals surface area contributed by atoms with Crippen LogP contribution in [0.3, 0.4) is 0 Å². The molecule has 9 heteroatoms. The van der Waals surface area contributed by atoms with Crippen molar-refractivity contribution in [2.75, 3.05) is 26.8 Å². The molecule has 3 aromatic carbocycles. The molecule has 0 N–H and O–H groups in total. The molecule has 0 aromatic heterocycles. The number of benzene rings is 3. The maximum atomic E-state index is 13.1. The summed E-state index contributed by atoms with van der Waals surface area (Å²) >= 11 is 0. The summed E-state index contributed by atoms with van der Waals surface area (Å²) < 4.78 is 43.6. The number of Topliss-reactive ketones (excluding diaryl/α,β-unsaturated/α-hetero) is 1. The van der Waals surface area contributed by atoms with Crippen molar-refractivity contribution in [2.45, 2.75) is 31.0 Å². The van der Waals surface area contributed by atoms with E-state index in [0.29, 0.717) is 11.3 Å². The Morgan fingerprint density at radius 1 is 0.943 bits per heavy atom. The zero-order chi connectivity index (χ0) is 25.2. The van der Waals surface area contributed by atoms with E-state index in [1.54, 1.807) is 31.4 Å². The van der Waals surface area contributed by atoms with Crippen molar-refractivity contribution in [3.8, 4) is 5.75 Å². The van der Waals surface area contributed by atoms with E-state index in [2.05, 4.69) is 0 Å². The molecule has 1 saturated heterocycles. The van der Waals surface area contributed by atoms with Crippen LogP contribution in [0.1, 0.15) is 34.6 Å². The van der Waals surface area contributed by atoms with Gasteiger partial charge >= 0.3 is 5.97 Å². The van der Waals surface area contributed by atoms with E-state index in [1.165, 1.54) is 28.6 Å². The number of carbonyl (C=O) groups excluding carboxylic acids is 2. The number of carbonyl (C=O) groups is 2. The van der Waals surface area contributed by atoms with E-state index >= 15 is 0 Å². The number of rotatable bonds is 7.